The molecule has 0 heterocycles. The Bertz CT molecular complexity index is 416. The molecule has 0 amide bonds. The molecule has 3 N–H and O–H groups in total. The molecule has 0 spiro atoms. The number of esters is 2. The predicted octanol–water partition coefficient (Wildman–Crippen LogP) is 1.58. The van der Waals surface area contributed by atoms with E-state index in [0.717, 1.165) is 19.3 Å². The van der Waals surface area contributed by atoms with E-state index in [4.69, 9.17) is 20.3 Å². The van der Waals surface area contributed by atoms with Gasteiger partial charge in [-0.2, -0.15) is 0 Å². The Labute approximate surface area is 130 Å². The van der Waals surface area contributed by atoms with E-state index >= 15 is 0 Å². The predicted molar refractivity (Wildman–Crippen MR) is 77.7 cm³/mol. The Morgan fingerprint density at radius 1 is 1.18 bits per heavy atom. The summed E-state index contributed by atoms with van der Waals surface area (Å²) >= 11 is 0. The highest BCUT2D eigenvalue weighted by atomic mass is 16.7. The Balaban J connectivity index is 2.79. The molecule has 2 unspecified atom stereocenters. The van der Waals surface area contributed by atoms with Crippen LogP contribution in [0.4, 0.5) is 0 Å². The minimum atomic E-state index is -1.03. The van der Waals surface area contributed by atoms with E-state index in [1.807, 2.05) is 0 Å². The molecule has 2 atom stereocenters. The third kappa shape index (κ3) is 4.98. The molecule has 1 fully saturated rings. The summed E-state index contributed by atoms with van der Waals surface area (Å²) in [7, 11) is 0. The molecule has 126 valence electrons. The fraction of sp³-hybridized carbons (Fsp3) is 0.800. The molecule has 0 radical (unpaired) electrons. The standard InChI is InChI=1S/C15H25NO6/c1-3-12(21-10(2)17)22-14(20)13(16)15(9-11(18)19)7-5-4-6-8-15/h12-13H,3-9,16H2,1-2H3,(H,18,19). The van der Waals surface area contributed by atoms with Crippen LogP contribution >= 0.6 is 0 Å². The number of aliphatic carboxylic acids is 1. The quantitative estimate of drug-likeness (QED) is 0.541. The van der Waals surface area contributed by atoms with Gasteiger partial charge in [0.2, 0.25) is 6.29 Å². The molecule has 7 heteroatoms. The topological polar surface area (TPSA) is 116 Å². The van der Waals surface area contributed by atoms with Crippen LogP contribution in [0.3, 0.4) is 0 Å². The zero-order valence-electron chi connectivity index (χ0n) is 13.2. The number of hydrogen-bond donors (Lipinski definition) is 2. The monoisotopic (exact) mass is 315 g/mol. The van der Waals surface area contributed by atoms with Crippen molar-refractivity contribution in [1.29, 1.82) is 0 Å². The van der Waals surface area contributed by atoms with Gasteiger partial charge in [-0.3, -0.25) is 14.4 Å². The minimum absolute atomic E-state index is 0.159. The molecule has 0 aliphatic heterocycles. The van der Waals surface area contributed by atoms with Crippen LogP contribution in [0, 0.1) is 5.41 Å². The minimum Gasteiger partial charge on any atom is -0.481 e. The van der Waals surface area contributed by atoms with Crippen molar-refractivity contribution < 1.29 is 29.0 Å². The molecule has 1 aliphatic carbocycles. The third-order valence-corrected chi connectivity index (χ3v) is 4.14. The summed E-state index contributed by atoms with van der Waals surface area (Å²) in [5.41, 5.74) is 5.25. The lowest BCUT2D eigenvalue weighted by atomic mass is 9.67. The lowest BCUT2D eigenvalue weighted by molar-refractivity contribution is -0.190. The first-order valence-electron chi connectivity index (χ1n) is 7.66. The molecule has 0 bridgehead atoms. The lowest BCUT2D eigenvalue weighted by Gasteiger charge is -2.39. The smallest absolute Gasteiger partial charge is 0.326 e. The molecule has 1 saturated carbocycles. The number of hydrogen-bond acceptors (Lipinski definition) is 6. The van der Waals surface area contributed by atoms with E-state index in [1.54, 1.807) is 6.92 Å². The van der Waals surface area contributed by atoms with Crippen LogP contribution in [-0.2, 0) is 23.9 Å². The number of carbonyl (C=O) groups is 3. The van der Waals surface area contributed by atoms with Crippen molar-refractivity contribution in [1.82, 2.24) is 0 Å². The van der Waals surface area contributed by atoms with Gasteiger partial charge in [0.15, 0.2) is 0 Å². The summed E-state index contributed by atoms with van der Waals surface area (Å²) < 4.78 is 10.0. The van der Waals surface area contributed by atoms with Gasteiger partial charge in [0.25, 0.3) is 0 Å². The number of ether oxygens (including phenoxy) is 2. The third-order valence-electron chi connectivity index (χ3n) is 4.14. The number of rotatable bonds is 7. The van der Waals surface area contributed by atoms with Crippen molar-refractivity contribution >= 4 is 17.9 Å². The van der Waals surface area contributed by atoms with Crippen molar-refractivity contribution in [2.75, 3.05) is 0 Å². The maximum absolute atomic E-state index is 12.2. The molecule has 22 heavy (non-hydrogen) atoms. The summed E-state index contributed by atoms with van der Waals surface area (Å²) in [5, 5.41) is 9.13. The van der Waals surface area contributed by atoms with Gasteiger partial charge in [0, 0.05) is 18.8 Å². The normalized spacial score (nSPS) is 19.8. The summed E-state index contributed by atoms with van der Waals surface area (Å²) in [6.07, 6.45) is 3.03. The van der Waals surface area contributed by atoms with Crippen molar-refractivity contribution in [2.45, 2.75) is 71.1 Å². The van der Waals surface area contributed by atoms with Gasteiger partial charge in [0.1, 0.15) is 6.04 Å². The molecule has 0 aromatic heterocycles. The highest BCUT2D eigenvalue weighted by molar-refractivity contribution is 5.79. The molecule has 0 aromatic rings. The lowest BCUT2D eigenvalue weighted by Crippen LogP contribution is -2.51. The van der Waals surface area contributed by atoms with Gasteiger partial charge in [-0.25, -0.2) is 0 Å². The molecule has 0 aromatic carbocycles. The first-order valence-corrected chi connectivity index (χ1v) is 7.66. The molecular weight excluding hydrogens is 290 g/mol. The highest BCUT2D eigenvalue weighted by Crippen LogP contribution is 2.42. The van der Waals surface area contributed by atoms with Crippen LogP contribution in [0.1, 0.15) is 58.8 Å². The summed E-state index contributed by atoms with van der Waals surface area (Å²) in [4.78, 5) is 34.3. The second-order valence-electron chi connectivity index (χ2n) is 5.86. The van der Waals surface area contributed by atoms with Gasteiger partial charge < -0.3 is 20.3 Å². The van der Waals surface area contributed by atoms with Crippen molar-refractivity contribution in [3.63, 3.8) is 0 Å². The number of carbonyl (C=O) groups excluding carboxylic acids is 2. The van der Waals surface area contributed by atoms with E-state index in [0.29, 0.717) is 19.3 Å². The van der Waals surface area contributed by atoms with Gasteiger partial charge in [-0.1, -0.05) is 26.2 Å². The van der Waals surface area contributed by atoms with E-state index in [1.165, 1.54) is 6.92 Å². The van der Waals surface area contributed by atoms with E-state index < -0.39 is 35.7 Å². The first kappa shape index (κ1) is 18.4. The van der Waals surface area contributed by atoms with Gasteiger partial charge in [-0.05, 0) is 12.8 Å². The van der Waals surface area contributed by atoms with Crippen LogP contribution < -0.4 is 5.73 Å². The van der Waals surface area contributed by atoms with Crippen LogP contribution in [-0.4, -0.2) is 35.3 Å². The zero-order chi connectivity index (χ0) is 16.8. The SMILES string of the molecule is CCC(OC(C)=O)OC(=O)C(N)C1(CC(=O)O)CCCCC1. The maximum atomic E-state index is 12.2. The van der Waals surface area contributed by atoms with E-state index in [2.05, 4.69) is 0 Å². The largest absolute Gasteiger partial charge is 0.481 e. The molecule has 1 rings (SSSR count). The van der Waals surface area contributed by atoms with Crippen LogP contribution in [0.2, 0.25) is 0 Å². The zero-order valence-corrected chi connectivity index (χ0v) is 13.2. The molecule has 1 aliphatic rings. The van der Waals surface area contributed by atoms with Crippen molar-refractivity contribution in [2.24, 2.45) is 11.1 Å². The number of nitrogens with two attached hydrogens (primary N) is 1. The van der Waals surface area contributed by atoms with Crippen LogP contribution in [0.25, 0.3) is 0 Å². The fourth-order valence-electron chi connectivity index (χ4n) is 2.98. The van der Waals surface area contributed by atoms with E-state index in [-0.39, 0.29) is 6.42 Å². The first-order chi connectivity index (χ1) is 10.3. The highest BCUT2D eigenvalue weighted by Gasteiger charge is 2.44. The van der Waals surface area contributed by atoms with Gasteiger partial charge in [-0.15, -0.1) is 0 Å². The Morgan fingerprint density at radius 3 is 2.23 bits per heavy atom. The Kier molecular flexibility index (Phi) is 6.80. The second-order valence-corrected chi connectivity index (χ2v) is 5.86. The number of carboxylic acids is 1. The van der Waals surface area contributed by atoms with Crippen LogP contribution in [0.5, 0.6) is 0 Å². The van der Waals surface area contributed by atoms with Crippen LogP contribution in [0.15, 0.2) is 0 Å². The summed E-state index contributed by atoms with van der Waals surface area (Å²) in [5.74, 6) is -2.24. The number of carboxylic acid groups (broad SMARTS) is 1. The van der Waals surface area contributed by atoms with E-state index in [9.17, 15) is 14.4 Å². The maximum Gasteiger partial charge on any atom is 0.326 e. The molecule has 7 nitrogen and oxygen atoms in total. The molecular formula is C15H25NO6. The van der Waals surface area contributed by atoms with Crippen molar-refractivity contribution in [3.8, 4) is 0 Å². The molecule has 0 saturated heterocycles. The summed E-state index contributed by atoms with van der Waals surface area (Å²) in [6.45, 7) is 2.93. The fourth-order valence-corrected chi connectivity index (χ4v) is 2.98. The average Bonchev–Trinajstić information content (AvgIpc) is 2.45. The van der Waals surface area contributed by atoms with Crippen molar-refractivity contribution in [3.05, 3.63) is 0 Å². The van der Waals surface area contributed by atoms with Gasteiger partial charge in [0.05, 0.1) is 6.42 Å². The van der Waals surface area contributed by atoms with Gasteiger partial charge >= 0.3 is 17.9 Å². The Morgan fingerprint density at radius 2 is 1.77 bits per heavy atom. The Hall–Kier alpha value is -1.63. The second kappa shape index (κ2) is 8.12. The summed E-state index contributed by atoms with van der Waals surface area (Å²) in [6, 6.07) is -1.03. The average molecular weight is 315 g/mol.